The number of H-pyrrole nitrogens is 1. The molecule has 15 heavy (non-hydrogen) atoms. The molecule has 0 spiro atoms. The zero-order valence-corrected chi connectivity index (χ0v) is 10.1. The van der Waals surface area contributed by atoms with Crippen molar-refractivity contribution >= 4 is 11.0 Å². The van der Waals surface area contributed by atoms with Crippen LogP contribution in [0.3, 0.4) is 0 Å². The summed E-state index contributed by atoms with van der Waals surface area (Å²) in [4.78, 5) is 6.52. The number of halogens is 1. The molecular formula is C12H19FN2. The molecule has 2 aromatic heterocycles. The van der Waals surface area contributed by atoms with Crippen molar-refractivity contribution in [1.82, 2.24) is 9.97 Å². The predicted molar refractivity (Wildman–Crippen MR) is 63.5 cm³/mol. The molecule has 0 aliphatic heterocycles. The average Bonchev–Trinajstić information content (AvgIpc) is 2.72. The van der Waals surface area contributed by atoms with Crippen molar-refractivity contribution in [3.05, 3.63) is 29.8 Å². The molecule has 3 heteroatoms. The zero-order chi connectivity index (χ0) is 11.8. The van der Waals surface area contributed by atoms with Gasteiger partial charge in [-0.3, -0.25) is 0 Å². The number of hydrogen-bond acceptors (Lipinski definition) is 1. The Hall–Kier alpha value is -1.38. The maximum atomic E-state index is 12.6. The van der Waals surface area contributed by atoms with Gasteiger partial charge in [-0.05, 0) is 24.6 Å². The fourth-order valence-corrected chi connectivity index (χ4v) is 1.17. The number of aromatic amines is 1. The van der Waals surface area contributed by atoms with Gasteiger partial charge < -0.3 is 4.98 Å². The molecule has 0 aliphatic rings. The molecule has 0 aliphatic carbocycles. The van der Waals surface area contributed by atoms with Crippen LogP contribution >= 0.6 is 0 Å². The minimum absolute atomic E-state index is 0.433. The van der Waals surface area contributed by atoms with E-state index in [9.17, 15) is 4.39 Å². The van der Waals surface area contributed by atoms with E-state index in [1.165, 1.54) is 6.07 Å². The summed E-state index contributed by atoms with van der Waals surface area (Å²) in [6.45, 7) is 9.86. The van der Waals surface area contributed by atoms with E-state index in [2.05, 4.69) is 9.97 Å². The van der Waals surface area contributed by atoms with Gasteiger partial charge in [0.05, 0.1) is 0 Å². The van der Waals surface area contributed by atoms with Crippen molar-refractivity contribution in [2.75, 3.05) is 0 Å². The molecule has 0 atom stereocenters. The minimum Gasteiger partial charge on any atom is -0.346 e. The first-order valence-electron chi connectivity index (χ1n) is 5.37. The number of aromatic nitrogens is 2. The molecule has 0 amide bonds. The molecule has 0 fully saturated rings. The Morgan fingerprint density at radius 1 is 1.20 bits per heavy atom. The summed E-state index contributed by atoms with van der Waals surface area (Å²) in [5.74, 6) is -0.433. The van der Waals surface area contributed by atoms with Gasteiger partial charge in [-0.1, -0.05) is 27.7 Å². The van der Waals surface area contributed by atoms with Gasteiger partial charge >= 0.3 is 0 Å². The highest BCUT2D eigenvalue weighted by Gasteiger charge is 2.01. The fourth-order valence-electron chi connectivity index (χ4n) is 1.17. The number of nitrogens with zero attached hydrogens (tertiary/aromatic N) is 1. The molecule has 2 heterocycles. The van der Waals surface area contributed by atoms with Gasteiger partial charge in [0.25, 0.3) is 0 Å². The van der Waals surface area contributed by atoms with E-state index < -0.39 is 5.95 Å². The molecule has 0 radical (unpaired) electrons. The number of aryl methyl sites for hydroxylation is 1. The van der Waals surface area contributed by atoms with Gasteiger partial charge in [0.2, 0.25) is 5.95 Å². The van der Waals surface area contributed by atoms with Crippen LogP contribution in [0.1, 0.15) is 33.3 Å². The lowest BCUT2D eigenvalue weighted by Gasteiger charge is -1.94. The number of rotatable bonds is 0. The quantitative estimate of drug-likeness (QED) is 0.652. The molecule has 0 saturated heterocycles. The fraction of sp³-hybridized carbons (Fsp3) is 0.417. The van der Waals surface area contributed by atoms with Crippen molar-refractivity contribution in [2.45, 2.75) is 34.6 Å². The van der Waals surface area contributed by atoms with Gasteiger partial charge in [-0.2, -0.15) is 4.39 Å². The highest BCUT2D eigenvalue weighted by Crippen LogP contribution is 2.14. The van der Waals surface area contributed by atoms with E-state index in [-0.39, 0.29) is 0 Å². The summed E-state index contributed by atoms with van der Waals surface area (Å²) in [7, 11) is 0. The van der Waals surface area contributed by atoms with Crippen molar-refractivity contribution in [3.63, 3.8) is 0 Å². The maximum absolute atomic E-state index is 12.6. The van der Waals surface area contributed by atoms with E-state index in [4.69, 9.17) is 0 Å². The third-order valence-electron chi connectivity index (χ3n) is 1.70. The van der Waals surface area contributed by atoms with Gasteiger partial charge in [0, 0.05) is 11.6 Å². The van der Waals surface area contributed by atoms with Crippen molar-refractivity contribution < 1.29 is 4.39 Å². The molecule has 2 aromatic rings. The smallest absolute Gasteiger partial charge is 0.215 e. The first-order chi connectivity index (χ1) is 7.27. The van der Waals surface area contributed by atoms with E-state index in [1.807, 2.05) is 40.7 Å². The Labute approximate surface area is 90.5 Å². The lowest BCUT2D eigenvalue weighted by atomic mass is 10.2. The van der Waals surface area contributed by atoms with Crippen LogP contribution in [0.25, 0.3) is 11.0 Å². The van der Waals surface area contributed by atoms with Gasteiger partial charge in [-0.25, -0.2) is 4.98 Å². The number of hydrogen-bond donors (Lipinski definition) is 1. The first-order valence-corrected chi connectivity index (χ1v) is 5.37. The van der Waals surface area contributed by atoms with Crippen molar-refractivity contribution in [2.24, 2.45) is 0 Å². The molecule has 0 unspecified atom stereocenters. The molecule has 0 bridgehead atoms. The van der Waals surface area contributed by atoms with Crippen LogP contribution in [0.4, 0.5) is 4.39 Å². The van der Waals surface area contributed by atoms with E-state index >= 15 is 0 Å². The van der Waals surface area contributed by atoms with Crippen LogP contribution < -0.4 is 0 Å². The summed E-state index contributed by atoms with van der Waals surface area (Å²) in [5.41, 5.74) is 1.52. The Balaban J connectivity index is 0.000000442. The minimum atomic E-state index is -0.433. The maximum Gasteiger partial charge on any atom is 0.215 e. The summed E-state index contributed by atoms with van der Waals surface area (Å²) in [6, 6.07) is 3.31. The Kier molecular flexibility index (Phi) is 6.34. The zero-order valence-electron chi connectivity index (χ0n) is 10.1. The number of fused-ring (bicyclic) bond motifs is 1. The van der Waals surface area contributed by atoms with Gasteiger partial charge in [0.15, 0.2) is 0 Å². The molecule has 0 saturated carbocycles. The largest absolute Gasteiger partial charge is 0.346 e. The van der Waals surface area contributed by atoms with Crippen molar-refractivity contribution in [1.29, 1.82) is 0 Å². The van der Waals surface area contributed by atoms with Crippen LogP contribution in [-0.4, -0.2) is 9.97 Å². The number of pyridine rings is 1. The lowest BCUT2D eigenvalue weighted by Crippen LogP contribution is -1.85. The highest BCUT2D eigenvalue weighted by atomic mass is 19.1. The third-order valence-corrected chi connectivity index (χ3v) is 1.70. The summed E-state index contributed by atoms with van der Waals surface area (Å²) in [5, 5.41) is 0.978. The van der Waals surface area contributed by atoms with Crippen molar-refractivity contribution in [3.8, 4) is 0 Å². The monoisotopic (exact) mass is 210 g/mol. The Morgan fingerprint density at radius 3 is 2.40 bits per heavy atom. The van der Waals surface area contributed by atoms with Gasteiger partial charge in [-0.15, -0.1) is 0 Å². The molecule has 2 nitrogen and oxygen atoms in total. The molecule has 2 rings (SSSR count). The standard InChI is InChI=1S/C8H7FN2.2C2H6/c1-5-4-7(9)11-8-6(5)2-3-10-8;2*1-2/h2-4H,1H3,(H,10,11);2*1-2H3. The molecule has 84 valence electrons. The van der Waals surface area contributed by atoms with Crippen LogP contribution in [0, 0.1) is 12.9 Å². The number of nitrogens with one attached hydrogen (secondary N) is 1. The summed E-state index contributed by atoms with van der Waals surface area (Å²) >= 11 is 0. The Bertz CT molecular complexity index is 393. The van der Waals surface area contributed by atoms with Gasteiger partial charge in [0.1, 0.15) is 5.65 Å². The first kappa shape index (κ1) is 13.6. The van der Waals surface area contributed by atoms with Crippen LogP contribution in [-0.2, 0) is 0 Å². The second kappa shape index (κ2) is 6.98. The van der Waals surface area contributed by atoms with Crippen LogP contribution in [0.5, 0.6) is 0 Å². The van der Waals surface area contributed by atoms with Crippen LogP contribution in [0.15, 0.2) is 18.3 Å². The van der Waals surface area contributed by atoms with Crippen LogP contribution in [0.2, 0.25) is 0 Å². The summed E-state index contributed by atoms with van der Waals surface area (Å²) < 4.78 is 12.6. The lowest BCUT2D eigenvalue weighted by molar-refractivity contribution is 0.587. The third kappa shape index (κ3) is 3.35. The molecule has 0 aromatic carbocycles. The highest BCUT2D eigenvalue weighted by molar-refractivity contribution is 5.78. The second-order valence-electron chi connectivity index (χ2n) is 2.50. The SMILES string of the molecule is CC.CC.Cc1cc(F)nc2[nH]ccc12. The second-order valence-corrected chi connectivity index (χ2v) is 2.50. The average molecular weight is 210 g/mol. The van der Waals surface area contributed by atoms with E-state index in [0.717, 1.165) is 10.9 Å². The topological polar surface area (TPSA) is 28.7 Å². The Morgan fingerprint density at radius 2 is 1.80 bits per heavy atom. The predicted octanol–water partition coefficient (Wildman–Crippen LogP) is 4.06. The molecular weight excluding hydrogens is 191 g/mol. The van der Waals surface area contributed by atoms with E-state index in [1.54, 1.807) is 6.20 Å². The normalized spacial score (nSPS) is 8.67. The summed E-state index contributed by atoms with van der Waals surface area (Å²) in [6.07, 6.45) is 1.75. The van der Waals surface area contributed by atoms with E-state index in [0.29, 0.717) is 5.65 Å². The molecule has 1 N–H and O–H groups in total.